The topological polar surface area (TPSA) is 239 Å². The number of aliphatic hydroxyl groups excluding tert-OH is 2. The normalized spacial score (nSPS) is 33.8. The van der Waals surface area contributed by atoms with Gasteiger partial charge in [-0.2, -0.15) is 0 Å². The van der Waals surface area contributed by atoms with Gasteiger partial charge in [0.25, 0.3) is 0 Å². The molecule has 0 aliphatic carbocycles. The van der Waals surface area contributed by atoms with E-state index in [2.05, 4.69) is 29.9 Å². The van der Waals surface area contributed by atoms with Crippen LogP contribution in [-0.4, -0.2) is 95.1 Å². The summed E-state index contributed by atoms with van der Waals surface area (Å²) in [7, 11) is 0. The number of nitrogen functional groups attached to an aromatic ring is 2. The number of hydrogen-bond acceptors (Lipinski definition) is 14. The van der Waals surface area contributed by atoms with Crippen LogP contribution >= 0.6 is 0 Å². The molecule has 16 nitrogen and oxygen atoms in total. The highest BCUT2D eigenvalue weighted by Crippen LogP contribution is 2.42. The van der Waals surface area contributed by atoms with Crippen LogP contribution in [0.2, 0.25) is 0 Å². The summed E-state index contributed by atoms with van der Waals surface area (Å²) in [4.78, 5) is 25.7. The lowest BCUT2D eigenvalue weighted by atomic mass is 9.91. The summed E-state index contributed by atoms with van der Waals surface area (Å²) in [5.74, 6) is 0.658. The van der Waals surface area contributed by atoms with Crippen LogP contribution in [-0.2, 0) is 15.9 Å². The van der Waals surface area contributed by atoms with Crippen LogP contribution in [0.1, 0.15) is 58.3 Å². The Hall–Kier alpha value is -3.54. The Morgan fingerprint density at radius 3 is 2.29 bits per heavy atom. The van der Waals surface area contributed by atoms with Gasteiger partial charge in [0.15, 0.2) is 35.4 Å². The first-order valence-corrected chi connectivity index (χ1v) is 13.5. The molecule has 0 aromatic carbocycles. The van der Waals surface area contributed by atoms with Gasteiger partial charge in [-0.05, 0) is 26.7 Å². The minimum atomic E-state index is -1.63. The number of ether oxygens (including phenoxy) is 2. The molecule has 41 heavy (non-hydrogen) atoms. The van der Waals surface area contributed by atoms with Gasteiger partial charge in [-0.25, -0.2) is 29.9 Å². The summed E-state index contributed by atoms with van der Waals surface area (Å²) in [5.41, 5.74) is 10.3. The fourth-order valence-electron chi connectivity index (χ4n) is 5.78. The monoisotopic (exact) mass is 570 g/mol. The van der Waals surface area contributed by atoms with Crippen LogP contribution in [0.4, 0.5) is 11.6 Å². The number of imidazole rings is 2. The molecule has 0 saturated carbocycles. The standard InChI is InChI=1S/C25H34N10O6/c1-4-5-11-16(36)25(3,39)23(40-11)35-10-31-15-19(27)32-13(33-21(15)35)7-6-12-24(2,38)17(37)22(41-12)34-9-30-14-18(26)28-8-29-20(14)34/h8-12,16-17,22-23,36-39H,4-7H2,1-3H3,(H2,26,28,29)(H2,27,32,33). The van der Waals surface area contributed by atoms with Gasteiger partial charge in [0.1, 0.15) is 46.6 Å². The van der Waals surface area contributed by atoms with E-state index >= 15 is 0 Å². The summed E-state index contributed by atoms with van der Waals surface area (Å²) in [6.07, 6.45) is 0.305. The minimum absolute atomic E-state index is 0.131. The van der Waals surface area contributed by atoms with Gasteiger partial charge in [-0.15, -0.1) is 0 Å². The third-order valence-corrected chi connectivity index (χ3v) is 8.19. The molecule has 0 amide bonds. The Labute approximate surface area is 234 Å². The Kier molecular flexibility index (Phi) is 6.59. The number of fused-ring (bicyclic) bond motifs is 2. The first-order chi connectivity index (χ1) is 19.4. The third kappa shape index (κ3) is 4.29. The Morgan fingerprint density at radius 1 is 0.854 bits per heavy atom. The van der Waals surface area contributed by atoms with Gasteiger partial charge in [-0.3, -0.25) is 9.13 Å². The number of aryl methyl sites for hydroxylation is 1. The van der Waals surface area contributed by atoms with Crippen LogP contribution < -0.4 is 11.5 Å². The minimum Gasteiger partial charge on any atom is -0.387 e. The highest BCUT2D eigenvalue weighted by atomic mass is 16.6. The predicted octanol–water partition coefficient (Wildman–Crippen LogP) is -0.418. The second kappa shape index (κ2) is 9.78. The van der Waals surface area contributed by atoms with Crippen molar-refractivity contribution in [1.82, 2.24) is 39.0 Å². The molecule has 6 rings (SSSR count). The predicted molar refractivity (Wildman–Crippen MR) is 144 cm³/mol. The zero-order chi connectivity index (χ0) is 29.3. The van der Waals surface area contributed by atoms with Crippen molar-refractivity contribution in [1.29, 1.82) is 0 Å². The molecule has 0 radical (unpaired) electrons. The van der Waals surface area contributed by atoms with Gasteiger partial charge in [0, 0.05) is 6.42 Å². The molecule has 6 heterocycles. The SMILES string of the molecule is CCCC1OC(n2cnc3c(N)nc(CCC4OC(n5cnc6c(N)ncnc65)C(O)C4(C)O)nc32)C(C)(O)C1O. The third-order valence-electron chi connectivity index (χ3n) is 8.19. The van der Waals surface area contributed by atoms with E-state index in [9.17, 15) is 20.4 Å². The quantitative estimate of drug-likeness (QED) is 0.165. The maximum Gasteiger partial charge on any atom is 0.168 e. The fraction of sp³-hybridized carbons (Fsp3) is 0.600. The molecule has 8 atom stereocenters. The first kappa shape index (κ1) is 27.6. The zero-order valence-electron chi connectivity index (χ0n) is 22.9. The van der Waals surface area contributed by atoms with Crippen molar-refractivity contribution in [3.63, 3.8) is 0 Å². The summed E-state index contributed by atoms with van der Waals surface area (Å²) < 4.78 is 15.2. The van der Waals surface area contributed by atoms with Crippen molar-refractivity contribution < 1.29 is 29.9 Å². The second-order valence-corrected chi connectivity index (χ2v) is 11.1. The van der Waals surface area contributed by atoms with E-state index < -0.39 is 48.1 Å². The molecular formula is C25H34N10O6. The summed E-state index contributed by atoms with van der Waals surface area (Å²) in [5, 5.41) is 44.0. The van der Waals surface area contributed by atoms with E-state index in [-0.39, 0.29) is 24.5 Å². The van der Waals surface area contributed by atoms with E-state index in [0.717, 1.165) is 6.42 Å². The number of rotatable bonds is 7. The number of hydrogen-bond donors (Lipinski definition) is 6. The van der Waals surface area contributed by atoms with Crippen LogP contribution in [0.25, 0.3) is 22.3 Å². The number of anilines is 2. The van der Waals surface area contributed by atoms with E-state index in [1.165, 1.54) is 37.4 Å². The molecule has 0 bridgehead atoms. The molecule has 8 unspecified atom stereocenters. The lowest BCUT2D eigenvalue weighted by Crippen LogP contribution is -2.44. The van der Waals surface area contributed by atoms with Crippen molar-refractivity contribution >= 4 is 34.0 Å². The zero-order valence-corrected chi connectivity index (χ0v) is 22.9. The molecular weight excluding hydrogens is 536 g/mol. The number of aliphatic hydroxyl groups is 4. The van der Waals surface area contributed by atoms with Crippen molar-refractivity contribution in [3.8, 4) is 0 Å². The summed E-state index contributed by atoms with van der Waals surface area (Å²) in [6, 6.07) is 0. The lowest BCUT2D eigenvalue weighted by molar-refractivity contribution is -0.0941. The molecule has 2 aliphatic rings. The molecule has 4 aromatic heterocycles. The fourth-order valence-corrected chi connectivity index (χ4v) is 5.78. The largest absolute Gasteiger partial charge is 0.387 e. The molecule has 2 fully saturated rings. The summed E-state index contributed by atoms with van der Waals surface area (Å²) in [6.45, 7) is 4.98. The smallest absolute Gasteiger partial charge is 0.168 e. The average Bonchev–Trinajstić information content (AvgIpc) is 3.65. The average molecular weight is 571 g/mol. The van der Waals surface area contributed by atoms with Gasteiger partial charge in [-0.1, -0.05) is 13.3 Å². The van der Waals surface area contributed by atoms with Gasteiger partial charge < -0.3 is 41.4 Å². The van der Waals surface area contributed by atoms with Crippen molar-refractivity contribution in [3.05, 3.63) is 24.8 Å². The molecule has 2 aliphatic heterocycles. The van der Waals surface area contributed by atoms with E-state index in [1.54, 1.807) is 4.57 Å². The second-order valence-electron chi connectivity index (χ2n) is 11.1. The Morgan fingerprint density at radius 2 is 1.56 bits per heavy atom. The highest BCUT2D eigenvalue weighted by Gasteiger charge is 2.54. The lowest BCUT2D eigenvalue weighted by Gasteiger charge is -2.27. The maximum atomic E-state index is 11.2. The molecule has 0 spiro atoms. The number of nitrogens with two attached hydrogens (primary N) is 2. The van der Waals surface area contributed by atoms with Crippen LogP contribution in [0.15, 0.2) is 19.0 Å². The maximum absolute atomic E-state index is 11.2. The van der Waals surface area contributed by atoms with Crippen LogP contribution in [0.3, 0.4) is 0 Å². The molecule has 220 valence electrons. The van der Waals surface area contributed by atoms with E-state index in [4.69, 9.17) is 20.9 Å². The first-order valence-electron chi connectivity index (χ1n) is 13.5. The highest BCUT2D eigenvalue weighted by molar-refractivity contribution is 5.82. The van der Waals surface area contributed by atoms with Gasteiger partial charge in [0.05, 0.1) is 24.9 Å². The molecule has 8 N–H and O–H groups in total. The molecule has 4 aromatic rings. The number of nitrogens with zero attached hydrogens (tertiary/aromatic N) is 8. The van der Waals surface area contributed by atoms with Crippen LogP contribution in [0, 0.1) is 0 Å². The van der Waals surface area contributed by atoms with Crippen molar-refractivity contribution in [2.24, 2.45) is 0 Å². The number of aromatic nitrogens is 8. The van der Waals surface area contributed by atoms with Crippen molar-refractivity contribution in [2.45, 2.75) is 94.5 Å². The van der Waals surface area contributed by atoms with E-state index in [0.29, 0.717) is 34.6 Å². The van der Waals surface area contributed by atoms with Crippen molar-refractivity contribution in [2.75, 3.05) is 11.5 Å². The van der Waals surface area contributed by atoms with Crippen LogP contribution in [0.5, 0.6) is 0 Å². The van der Waals surface area contributed by atoms with E-state index in [1.807, 2.05) is 6.92 Å². The summed E-state index contributed by atoms with van der Waals surface area (Å²) >= 11 is 0. The Bertz CT molecular complexity index is 1590. The molecule has 2 saturated heterocycles. The van der Waals surface area contributed by atoms with Gasteiger partial charge >= 0.3 is 0 Å². The van der Waals surface area contributed by atoms with Gasteiger partial charge in [0.2, 0.25) is 0 Å². The Balaban J connectivity index is 1.25. The molecule has 16 heteroatoms.